The fourth-order valence-corrected chi connectivity index (χ4v) is 2.81. The van der Waals surface area contributed by atoms with Crippen molar-refractivity contribution in [3.63, 3.8) is 0 Å². The molecule has 0 saturated carbocycles. The third-order valence-electron chi connectivity index (χ3n) is 2.75. The van der Waals surface area contributed by atoms with Crippen molar-refractivity contribution in [2.75, 3.05) is 7.05 Å². The molecule has 0 saturated heterocycles. The van der Waals surface area contributed by atoms with Crippen LogP contribution in [0.5, 0.6) is 0 Å². The van der Waals surface area contributed by atoms with E-state index >= 15 is 0 Å². The van der Waals surface area contributed by atoms with Crippen molar-refractivity contribution in [1.29, 1.82) is 0 Å². The zero-order valence-electron chi connectivity index (χ0n) is 10.9. The first-order chi connectivity index (χ1) is 9.82. The number of sulfonamides is 1. The number of aromatic amines is 1. The van der Waals surface area contributed by atoms with Gasteiger partial charge in [0.1, 0.15) is 5.82 Å². The number of halogens is 1. The molecule has 0 spiro atoms. The zero-order chi connectivity index (χ0) is 15.6. The summed E-state index contributed by atoms with van der Waals surface area (Å²) in [6.07, 6.45) is 3.01. The summed E-state index contributed by atoms with van der Waals surface area (Å²) >= 11 is 0. The second-order valence-electron chi connectivity index (χ2n) is 4.17. The molecule has 0 atom stereocenters. The van der Waals surface area contributed by atoms with E-state index in [1.807, 2.05) is 0 Å². The summed E-state index contributed by atoms with van der Waals surface area (Å²) in [4.78, 5) is 16.0. The second kappa shape index (κ2) is 5.58. The number of nitrogens with one attached hydrogen (secondary N) is 1. The van der Waals surface area contributed by atoms with Crippen molar-refractivity contribution in [3.8, 4) is 0 Å². The first-order valence-corrected chi connectivity index (χ1v) is 7.15. The van der Waals surface area contributed by atoms with Crippen LogP contribution in [-0.2, 0) is 16.6 Å². The molecule has 1 N–H and O–H groups in total. The van der Waals surface area contributed by atoms with Gasteiger partial charge in [0.25, 0.3) is 0 Å². The van der Waals surface area contributed by atoms with Gasteiger partial charge in [-0.3, -0.25) is 10.1 Å². The van der Waals surface area contributed by atoms with Crippen molar-refractivity contribution < 1.29 is 17.7 Å². The molecule has 0 aliphatic carbocycles. The summed E-state index contributed by atoms with van der Waals surface area (Å²) in [5, 5.41) is 10.7. The van der Waals surface area contributed by atoms with Crippen molar-refractivity contribution in [1.82, 2.24) is 14.3 Å². The fraction of sp³-hybridized carbons (Fsp3) is 0.182. The number of H-pyrrole nitrogens is 1. The third-order valence-corrected chi connectivity index (χ3v) is 4.55. The Morgan fingerprint density at radius 3 is 2.76 bits per heavy atom. The molecule has 0 amide bonds. The van der Waals surface area contributed by atoms with Gasteiger partial charge >= 0.3 is 5.69 Å². The monoisotopic (exact) mass is 314 g/mol. The molecule has 21 heavy (non-hydrogen) atoms. The van der Waals surface area contributed by atoms with Crippen LogP contribution in [0.4, 0.5) is 10.1 Å². The maximum atomic E-state index is 13.2. The van der Waals surface area contributed by atoms with E-state index < -0.39 is 26.5 Å². The average Bonchev–Trinajstić information content (AvgIpc) is 2.91. The summed E-state index contributed by atoms with van der Waals surface area (Å²) in [7, 11) is -2.69. The summed E-state index contributed by atoms with van der Waals surface area (Å²) in [5.74, 6) is -0.676. The number of imidazole rings is 1. The number of hydrogen-bond acceptors (Lipinski definition) is 5. The number of aromatic nitrogens is 2. The quantitative estimate of drug-likeness (QED) is 0.660. The Bertz CT molecular complexity index is 761. The van der Waals surface area contributed by atoms with Gasteiger partial charge in [0.15, 0.2) is 0 Å². The topological polar surface area (TPSA) is 109 Å². The molecule has 0 unspecified atom stereocenters. The Morgan fingerprint density at radius 1 is 1.48 bits per heavy atom. The molecule has 8 nitrogen and oxygen atoms in total. The largest absolute Gasteiger partial charge is 0.347 e. The van der Waals surface area contributed by atoms with Crippen LogP contribution < -0.4 is 0 Å². The van der Waals surface area contributed by atoms with Gasteiger partial charge in [-0.1, -0.05) is 0 Å². The SMILES string of the molecule is CN(Cc1ncc[nH]1)S(=O)(=O)c1ccc(F)c([N+](=O)[O-])c1. The molecule has 0 aliphatic heterocycles. The van der Waals surface area contributed by atoms with E-state index in [1.165, 1.54) is 13.2 Å². The molecule has 1 heterocycles. The maximum absolute atomic E-state index is 13.2. The van der Waals surface area contributed by atoms with E-state index in [1.54, 1.807) is 6.20 Å². The van der Waals surface area contributed by atoms with E-state index in [0.29, 0.717) is 11.9 Å². The minimum Gasteiger partial charge on any atom is -0.347 e. The Kier molecular flexibility index (Phi) is 4.00. The van der Waals surface area contributed by atoms with Crippen LogP contribution in [0.15, 0.2) is 35.5 Å². The Morgan fingerprint density at radius 2 is 2.19 bits per heavy atom. The van der Waals surface area contributed by atoms with E-state index in [0.717, 1.165) is 16.4 Å². The molecule has 2 rings (SSSR count). The molecule has 0 bridgehead atoms. The van der Waals surface area contributed by atoms with E-state index in [4.69, 9.17) is 0 Å². The Balaban J connectivity index is 2.35. The lowest BCUT2D eigenvalue weighted by Gasteiger charge is -2.15. The number of nitrogens with zero attached hydrogens (tertiary/aromatic N) is 3. The summed E-state index contributed by atoms with van der Waals surface area (Å²) in [5.41, 5.74) is -0.887. The lowest BCUT2D eigenvalue weighted by atomic mass is 10.3. The third kappa shape index (κ3) is 3.06. The Hall–Kier alpha value is -2.33. The normalized spacial score (nSPS) is 11.8. The highest BCUT2D eigenvalue weighted by Crippen LogP contribution is 2.23. The van der Waals surface area contributed by atoms with Gasteiger partial charge in [-0.05, 0) is 12.1 Å². The predicted octanol–water partition coefficient (Wildman–Crippen LogP) is 1.28. The molecule has 10 heteroatoms. The predicted molar refractivity (Wildman–Crippen MR) is 70.3 cm³/mol. The number of nitro benzene ring substituents is 1. The smallest absolute Gasteiger partial charge is 0.306 e. The van der Waals surface area contributed by atoms with E-state index in [2.05, 4.69) is 9.97 Å². The summed E-state index contributed by atoms with van der Waals surface area (Å²) in [6, 6.07) is 2.44. The van der Waals surface area contributed by atoms with Gasteiger partial charge in [-0.25, -0.2) is 13.4 Å². The summed E-state index contributed by atoms with van der Waals surface area (Å²) in [6.45, 7) is -0.0412. The van der Waals surface area contributed by atoms with Crippen LogP contribution in [-0.4, -0.2) is 34.7 Å². The highest BCUT2D eigenvalue weighted by molar-refractivity contribution is 7.89. The van der Waals surface area contributed by atoms with Crippen LogP contribution in [0.3, 0.4) is 0 Å². The van der Waals surface area contributed by atoms with Crippen molar-refractivity contribution in [2.45, 2.75) is 11.4 Å². The molecule has 0 fully saturated rings. The van der Waals surface area contributed by atoms with Crippen LogP contribution >= 0.6 is 0 Å². The molecule has 0 aliphatic rings. The fourth-order valence-electron chi connectivity index (χ4n) is 1.65. The highest BCUT2D eigenvalue weighted by atomic mass is 32.2. The average molecular weight is 314 g/mol. The molecular formula is C11H11FN4O4S. The first kappa shape index (κ1) is 15.1. The second-order valence-corrected chi connectivity index (χ2v) is 6.21. The number of hydrogen-bond donors (Lipinski definition) is 1. The van der Waals surface area contributed by atoms with Gasteiger partial charge in [0, 0.05) is 25.5 Å². The van der Waals surface area contributed by atoms with E-state index in [-0.39, 0.29) is 11.4 Å². The van der Waals surface area contributed by atoms with Gasteiger partial charge < -0.3 is 4.98 Å². The maximum Gasteiger partial charge on any atom is 0.306 e. The molecule has 0 radical (unpaired) electrons. The van der Waals surface area contributed by atoms with Crippen LogP contribution in [0.2, 0.25) is 0 Å². The van der Waals surface area contributed by atoms with Crippen LogP contribution in [0.1, 0.15) is 5.82 Å². The highest BCUT2D eigenvalue weighted by Gasteiger charge is 2.25. The van der Waals surface area contributed by atoms with Crippen molar-refractivity contribution in [3.05, 3.63) is 52.3 Å². The number of rotatable bonds is 5. The lowest BCUT2D eigenvalue weighted by Crippen LogP contribution is -2.27. The minimum absolute atomic E-state index is 0.0412. The molecule has 2 aromatic rings. The van der Waals surface area contributed by atoms with E-state index in [9.17, 15) is 22.9 Å². The molecule has 112 valence electrons. The van der Waals surface area contributed by atoms with Gasteiger partial charge in [0.2, 0.25) is 15.8 Å². The zero-order valence-corrected chi connectivity index (χ0v) is 11.7. The van der Waals surface area contributed by atoms with Gasteiger partial charge in [-0.15, -0.1) is 0 Å². The molecule has 1 aromatic carbocycles. The van der Waals surface area contributed by atoms with Gasteiger partial charge in [-0.2, -0.15) is 8.70 Å². The van der Waals surface area contributed by atoms with Crippen LogP contribution in [0.25, 0.3) is 0 Å². The Labute approximate surface area is 119 Å². The first-order valence-electron chi connectivity index (χ1n) is 5.71. The van der Waals surface area contributed by atoms with Crippen molar-refractivity contribution in [2.24, 2.45) is 0 Å². The molecule has 1 aromatic heterocycles. The standard InChI is InChI=1S/C11H11FN4O4S/c1-15(7-11-13-4-5-14-11)21(19,20)8-2-3-9(12)10(6-8)16(17)18/h2-6H,7H2,1H3,(H,13,14). The summed E-state index contributed by atoms with van der Waals surface area (Å²) < 4.78 is 38.8. The lowest BCUT2D eigenvalue weighted by molar-refractivity contribution is -0.387. The number of nitro groups is 1. The van der Waals surface area contributed by atoms with Crippen molar-refractivity contribution >= 4 is 15.7 Å². The number of benzene rings is 1. The molecular weight excluding hydrogens is 303 g/mol. The van der Waals surface area contributed by atoms with Gasteiger partial charge in [0.05, 0.1) is 16.4 Å². The minimum atomic E-state index is -3.99. The van der Waals surface area contributed by atoms with Crippen LogP contribution in [0, 0.1) is 15.9 Å².